The predicted molar refractivity (Wildman–Crippen MR) is 77.6 cm³/mol. The highest BCUT2D eigenvalue weighted by Crippen LogP contribution is 2.31. The number of allylic oxidation sites excluding steroid dienone is 1. The summed E-state index contributed by atoms with van der Waals surface area (Å²) < 4.78 is 0. The molecule has 4 rings (SSSR count). The van der Waals surface area contributed by atoms with Crippen LogP contribution in [-0.2, 0) is 4.79 Å². The molecular formula is C17H9NO2. The van der Waals surface area contributed by atoms with Gasteiger partial charge in [0.2, 0.25) is 11.6 Å². The first-order chi connectivity index (χ1) is 9.75. The monoisotopic (exact) mass is 259 g/mol. The van der Waals surface area contributed by atoms with Crippen LogP contribution in [0.3, 0.4) is 0 Å². The van der Waals surface area contributed by atoms with Gasteiger partial charge in [-0.3, -0.25) is 14.6 Å². The summed E-state index contributed by atoms with van der Waals surface area (Å²) in [5.74, 6) is -0.961. The lowest BCUT2D eigenvalue weighted by atomic mass is 9.91. The predicted octanol–water partition coefficient (Wildman–Crippen LogP) is 3.17. The third-order valence-electron chi connectivity index (χ3n) is 3.65. The van der Waals surface area contributed by atoms with E-state index in [1.807, 2.05) is 36.4 Å². The van der Waals surface area contributed by atoms with Crippen LogP contribution < -0.4 is 0 Å². The lowest BCUT2D eigenvalue weighted by molar-refractivity contribution is -0.110. The molecule has 0 saturated carbocycles. The van der Waals surface area contributed by atoms with Crippen LogP contribution in [0.25, 0.3) is 27.6 Å². The summed E-state index contributed by atoms with van der Waals surface area (Å²) in [6.45, 7) is 0. The van der Waals surface area contributed by atoms with Crippen LogP contribution >= 0.6 is 0 Å². The molecule has 20 heavy (non-hydrogen) atoms. The Morgan fingerprint density at radius 1 is 0.850 bits per heavy atom. The van der Waals surface area contributed by atoms with Gasteiger partial charge in [-0.25, -0.2) is 0 Å². The minimum absolute atomic E-state index is 0.423. The van der Waals surface area contributed by atoms with Crippen molar-refractivity contribution in [3.05, 3.63) is 59.9 Å². The second-order valence-corrected chi connectivity index (χ2v) is 4.80. The molecule has 94 valence electrons. The lowest BCUT2D eigenvalue weighted by Crippen LogP contribution is -2.17. The first-order valence-corrected chi connectivity index (χ1v) is 6.33. The lowest BCUT2D eigenvalue weighted by Gasteiger charge is -2.13. The number of fused-ring (bicyclic) bond motifs is 5. The molecule has 0 atom stereocenters. The van der Waals surface area contributed by atoms with Crippen molar-refractivity contribution in [2.45, 2.75) is 0 Å². The van der Waals surface area contributed by atoms with Crippen LogP contribution in [0.5, 0.6) is 0 Å². The Labute approximate surface area is 114 Å². The van der Waals surface area contributed by atoms with Gasteiger partial charge >= 0.3 is 0 Å². The molecule has 3 aromatic rings. The molecule has 1 aliphatic carbocycles. The standard InChI is InChI=1S/C17H9NO2/c19-14-8-7-13-16(17(14)20)15-11(9-18-13)6-5-10-3-1-2-4-12(10)15/h1-9H. The Hall–Kier alpha value is -2.81. The molecule has 0 aliphatic heterocycles. The molecule has 1 heterocycles. The molecule has 0 unspecified atom stereocenters. The molecule has 0 bridgehead atoms. The number of benzene rings is 2. The Bertz CT molecular complexity index is 938. The van der Waals surface area contributed by atoms with Gasteiger partial charge in [-0.2, -0.15) is 0 Å². The molecular weight excluding hydrogens is 250 g/mol. The van der Waals surface area contributed by atoms with Crippen LogP contribution in [0.4, 0.5) is 0 Å². The third-order valence-corrected chi connectivity index (χ3v) is 3.65. The van der Waals surface area contributed by atoms with Gasteiger partial charge in [0.1, 0.15) is 0 Å². The maximum atomic E-state index is 12.2. The zero-order chi connectivity index (χ0) is 13.7. The smallest absolute Gasteiger partial charge is 0.235 e. The van der Waals surface area contributed by atoms with Gasteiger partial charge in [-0.05, 0) is 22.9 Å². The van der Waals surface area contributed by atoms with Crippen molar-refractivity contribution in [2.24, 2.45) is 0 Å². The molecule has 3 nitrogen and oxygen atoms in total. The van der Waals surface area contributed by atoms with Crippen molar-refractivity contribution in [3.8, 4) is 0 Å². The normalized spacial score (nSPS) is 14.0. The van der Waals surface area contributed by atoms with E-state index in [9.17, 15) is 9.59 Å². The van der Waals surface area contributed by atoms with Gasteiger partial charge in [-0.15, -0.1) is 0 Å². The summed E-state index contributed by atoms with van der Waals surface area (Å²) in [7, 11) is 0. The highest BCUT2D eigenvalue weighted by atomic mass is 16.2. The number of hydrogen-bond acceptors (Lipinski definition) is 3. The van der Waals surface area contributed by atoms with E-state index in [4.69, 9.17) is 0 Å². The maximum Gasteiger partial charge on any atom is 0.235 e. The Kier molecular flexibility index (Phi) is 2.12. The molecule has 1 aromatic heterocycles. The van der Waals surface area contributed by atoms with Gasteiger partial charge in [0.05, 0.1) is 11.3 Å². The fraction of sp³-hybridized carbons (Fsp3) is 0. The first-order valence-electron chi connectivity index (χ1n) is 6.33. The van der Waals surface area contributed by atoms with E-state index < -0.39 is 11.6 Å². The van der Waals surface area contributed by atoms with Crippen LogP contribution in [0, 0.1) is 0 Å². The van der Waals surface area contributed by atoms with E-state index in [1.54, 1.807) is 12.3 Å². The summed E-state index contributed by atoms with van der Waals surface area (Å²) in [4.78, 5) is 28.2. The molecule has 0 saturated heterocycles. The first kappa shape index (κ1) is 11.1. The fourth-order valence-corrected chi connectivity index (χ4v) is 2.72. The zero-order valence-electron chi connectivity index (χ0n) is 10.5. The molecule has 3 heteroatoms. The quantitative estimate of drug-likeness (QED) is 0.460. The van der Waals surface area contributed by atoms with Crippen LogP contribution in [0.1, 0.15) is 16.1 Å². The molecule has 0 radical (unpaired) electrons. The average Bonchev–Trinajstić information content (AvgIpc) is 2.50. The van der Waals surface area contributed by atoms with Crippen molar-refractivity contribution in [1.82, 2.24) is 4.98 Å². The zero-order valence-corrected chi connectivity index (χ0v) is 10.5. The summed E-state index contributed by atoms with van der Waals surface area (Å²) in [5, 5.41) is 3.71. The molecule has 0 spiro atoms. The number of nitrogens with zero attached hydrogens (tertiary/aromatic N) is 1. The van der Waals surface area contributed by atoms with Crippen molar-refractivity contribution < 1.29 is 9.59 Å². The fourth-order valence-electron chi connectivity index (χ4n) is 2.72. The molecule has 0 N–H and O–H groups in total. The number of rotatable bonds is 0. The van der Waals surface area contributed by atoms with Gasteiger partial charge in [-0.1, -0.05) is 36.4 Å². The van der Waals surface area contributed by atoms with Crippen molar-refractivity contribution >= 4 is 39.2 Å². The summed E-state index contributed by atoms with van der Waals surface area (Å²) in [6.07, 6.45) is 4.64. The van der Waals surface area contributed by atoms with Crippen molar-refractivity contribution in [1.29, 1.82) is 0 Å². The van der Waals surface area contributed by atoms with E-state index in [1.165, 1.54) is 6.08 Å². The molecule has 0 fully saturated rings. The number of aromatic nitrogens is 1. The summed E-state index contributed by atoms with van der Waals surface area (Å²) in [5.41, 5.74) is 0.991. The summed E-state index contributed by atoms with van der Waals surface area (Å²) in [6, 6.07) is 11.8. The number of carbonyl (C=O) groups excluding carboxylic acids is 2. The number of ketones is 2. The Morgan fingerprint density at radius 3 is 2.55 bits per heavy atom. The summed E-state index contributed by atoms with van der Waals surface area (Å²) >= 11 is 0. The SMILES string of the molecule is O=C1C=Cc2ncc3ccc4ccccc4c3c2C1=O. The minimum atomic E-state index is -0.486. The highest BCUT2D eigenvalue weighted by Gasteiger charge is 2.25. The Morgan fingerprint density at radius 2 is 1.65 bits per heavy atom. The number of carbonyl (C=O) groups is 2. The maximum absolute atomic E-state index is 12.2. The number of Topliss-reactive ketones (excluding diaryl/α,β-unsaturated/α-hetero) is 1. The second kappa shape index (κ2) is 3.84. The van der Waals surface area contributed by atoms with E-state index in [0.717, 1.165) is 21.5 Å². The topological polar surface area (TPSA) is 47.0 Å². The van der Waals surface area contributed by atoms with Crippen LogP contribution in [-0.4, -0.2) is 16.6 Å². The van der Waals surface area contributed by atoms with E-state index in [-0.39, 0.29) is 0 Å². The minimum Gasteiger partial charge on any atom is -0.286 e. The average molecular weight is 259 g/mol. The molecule has 0 amide bonds. The van der Waals surface area contributed by atoms with Gasteiger partial charge in [0, 0.05) is 17.0 Å². The number of hydrogen-bond donors (Lipinski definition) is 0. The number of pyridine rings is 1. The van der Waals surface area contributed by atoms with Crippen molar-refractivity contribution in [2.75, 3.05) is 0 Å². The molecule has 1 aliphatic rings. The van der Waals surface area contributed by atoms with E-state index >= 15 is 0 Å². The van der Waals surface area contributed by atoms with E-state index in [2.05, 4.69) is 4.98 Å². The van der Waals surface area contributed by atoms with Crippen molar-refractivity contribution in [3.63, 3.8) is 0 Å². The van der Waals surface area contributed by atoms with Gasteiger partial charge < -0.3 is 0 Å². The van der Waals surface area contributed by atoms with Crippen LogP contribution in [0.2, 0.25) is 0 Å². The Balaban J connectivity index is 2.28. The van der Waals surface area contributed by atoms with Crippen LogP contribution in [0.15, 0.2) is 48.7 Å². The third kappa shape index (κ3) is 1.37. The van der Waals surface area contributed by atoms with E-state index in [0.29, 0.717) is 11.3 Å². The van der Waals surface area contributed by atoms with Gasteiger partial charge in [0.15, 0.2) is 0 Å². The van der Waals surface area contributed by atoms with Gasteiger partial charge in [0.25, 0.3) is 0 Å². The second-order valence-electron chi connectivity index (χ2n) is 4.80. The molecule has 2 aromatic carbocycles. The largest absolute Gasteiger partial charge is 0.286 e. The highest BCUT2D eigenvalue weighted by molar-refractivity contribution is 6.52.